The average molecular weight is 231 g/mol. The third-order valence-corrected chi connectivity index (χ3v) is 2.27. The molecule has 1 aromatic rings. The van der Waals surface area contributed by atoms with Crippen molar-refractivity contribution < 1.29 is 14.7 Å². The molecule has 0 atom stereocenters. The van der Waals surface area contributed by atoms with Crippen molar-refractivity contribution in [3.05, 3.63) is 35.4 Å². The highest BCUT2D eigenvalue weighted by Crippen LogP contribution is 2.07. The first-order valence-electron chi connectivity index (χ1n) is 4.99. The number of carbonyl (C=O) groups is 2. The predicted molar refractivity (Wildman–Crippen MR) is 63.6 cm³/mol. The Morgan fingerprint density at radius 2 is 1.82 bits per heavy atom. The van der Waals surface area contributed by atoms with Crippen molar-refractivity contribution in [1.29, 1.82) is 0 Å². The monoisotopic (exact) mass is 231 g/mol. The summed E-state index contributed by atoms with van der Waals surface area (Å²) >= 11 is 0. The van der Waals surface area contributed by atoms with Gasteiger partial charge >= 0.3 is 5.97 Å². The summed E-state index contributed by atoms with van der Waals surface area (Å²) in [5.74, 6) is 0.899. The molecule has 0 aliphatic carbocycles. The van der Waals surface area contributed by atoms with E-state index in [1.807, 2.05) is 0 Å². The van der Waals surface area contributed by atoms with Gasteiger partial charge in [-0.05, 0) is 38.1 Å². The molecule has 1 rings (SSSR count). The Balaban J connectivity index is 2.84. The third-order valence-electron chi connectivity index (χ3n) is 2.27. The van der Waals surface area contributed by atoms with Crippen LogP contribution >= 0.6 is 0 Å². The van der Waals surface area contributed by atoms with E-state index in [1.54, 1.807) is 24.3 Å². The van der Waals surface area contributed by atoms with E-state index >= 15 is 0 Å². The Hall–Kier alpha value is -2.28. The topological polar surface area (TPSA) is 66.4 Å². The number of hydrogen-bond donors (Lipinski definition) is 2. The first-order valence-corrected chi connectivity index (χ1v) is 4.99. The molecule has 0 saturated heterocycles. The van der Waals surface area contributed by atoms with Crippen LogP contribution in [0.4, 0.5) is 0 Å². The molecule has 0 radical (unpaired) electrons. The van der Waals surface area contributed by atoms with Gasteiger partial charge in [0.1, 0.15) is 5.54 Å². The standard InChI is InChI=1S/C13H13NO3/c1-4-9-5-7-10(8-6-9)11(15)14-13(2,3)12(16)17/h1,5-8H,2-3H3,(H,14,15)(H,16,17). The molecule has 0 unspecified atom stereocenters. The molecule has 17 heavy (non-hydrogen) atoms. The first kappa shape index (κ1) is 12.8. The van der Waals surface area contributed by atoms with Gasteiger partial charge in [0.2, 0.25) is 0 Å². The van der Waals surface area contributed by atoms with Gasteiger partial charge in [0.25, 0.3) is 5.91 Å². The Labute approximate surface area is 99.7 Å². The van der Waals surface area contributed by atoms with Gasteiger partial charge in [-0.25, -0.2) is 4.79 Å². The molecule has 4 nitrogen and oxygen atoms in total. The number of terminal acetylenes is 1. The second-order valence-corrected chi connectivity index (χ2v) is 4.11. The van der Waals surface area contributed by atoms with Gasteiger partial charge in [-0.2, -0.15) is 0 Å². The fourth-order valence-electron chi connectivity index (χ4n) is 1.13. The fourth-order valence-corrected chi connectivity index (χ4v) is 1.13. The van der Waals surface area contributed by atoms with Gasteiger partial charge in [-0.15, -0.1) is 6.42 Å². The van der Waals surface area contributed by atoms with Crippen LogP contribution in [-0.2, 0) is 4.79 Å². The van der Waals surface area contributed by atoms with E-state index in [0.29, 0.717) is 11.1 Å². The molecule has 0 saturated carbocycles. The van der Waals surface area contributed by atoms with Crippen LogP contribution < -0.4 is 5.32 Å². The molecule has 0 aromatic heterocycles. The van der Waals surface area contributed by atoms with Crippen molar-refractivity contribution in [2.45, 2.75) is 19.4 Å². The van der Waals surface area contributed by atoms with Crippen LogP contribution in [0, 0.1) is 12.3 Å². The summed E-state index contributed by atoms with van der Waals surface area (Å²) < 4.78 is 0. The molecular formula is C13H13NO3. The van der Waals surface area contributed by atoms with Crippen molar-refractivity contribution in [3.63, 3.8) is 0 Å². The van der Waals surface area contributed by atoms with Crippen LogP contribution in [0.3, 0.4) is 0 Å². The van der Waals surface area contributed by atoms with Crippen LogP contribution in [0.1, 0.15) is 29.8 Å². The predicted octanol–water partition coefficient (Wildman–Crippen LogP) is 1.26. The summed E-state index contributed by atoms with van der Waals surface area (Å²) in [6, 6.07) is 6.37. The first-order chi connectivity index (χ1) is 7.86. The van der Waals surface area contributed by atoms with Gasteiger partial charge in [-0.1, -0.05) is 5.92 Å². The molecule has 88 valence electrons. The summed E-state index contributed by atoms with van der Waals surface area (Å²) in [7, 11) is 0. The molecule has 0 bridgehead atoms. The highest BCUT2D eigenvalue weighted by molar-refractivity contribution is 5.97. The van der Waals surface area contributed by atoms with Crippen molar-refractivity contribution in [2.75, 3.05) is 0 Å². The minimum absolute atomic E-state index is 0.373. The highest BCUT2D eigenvalue weighted by atomic mass is 16.4. The SMILES string of the molecule is C#Cc1ccc(C(=O)NC(C)(C)C(=O)O)cc1. The van der Waals surface area contributed by atoms with Crippen LogP contribution in [0.25, 0.3) is 0 Å². The molecule has 1 amide bonds. The average Bonchev–Trinajstić information content (AvgIpc) is 2.28. The Morgan fingerprint density at radius 1 is 1.29 bits per heavy atom. The van der Waals surface area contributed by atoms with Crippen LogP contribution in [0.5, 0.6) is 0 Å². The van der Waals surface area contributed by atoms with E-state index in [9.17, 15) is 9.59 Å². The van der Waals surface area contributed by atoms with Crippen LogP contribution in [0.2, 0.25) is 0 Å². The molecule has 4 heteroatoms. The normalized spacial score (nSPS) is 10.4. The van der Waals surface area contributed by atoms with E-state index in [2.05, 4.69) is 11.2 Å². The zero-order valence-corrected chi connectivity index (χ0v) is 9.65. The molecule has 0 fully saturated rings. The van der Waals surface area contributed by atoms with Gasteiger partial charge in [0.05, 0.1) is 0 Å². The van der Waals surface area contributed by atoms with Crippen molar-refractivity contribution in [3.8, 4) is 12.3 Å². The molecule has 2 N–H and O–H groups in total. The Bertz CT molecular complexity index is 480. The number of carboxylic acids is 1. The molecule has 0 spiro atoms. The second-order valence-electron chi connectivity index (χ2n) is 4.11. The number of carbonyl (C=O) groups excluding carboxylic acids is 1. The maximum Gasteiger partial charge on any atom is 0.328 e. The van der Waals surface area contributed by atoms with Crippen LogP contribution in [0.15, 0.2) is 24.3 Å². The van der Waals surface area contributed by atoms with E-state index in [-0.39, 0.29) is 0 Å². The number of amides is 1. The zero-order valence-electron chi connectivity index (χ0n) is 9.65. The maximum atomic E-state index is 11.7. The number of aliphatic carboxylic acids is 1. The third kappa shape index (κ3) is 3.08. The molecular weight excluding hydrogens is 218 g/mol. The minimum Gasteiger partial charge on any atom is -0.480 e. The van der Waals surface area contributed by atoms with Gasteiger partial charge in [0, 0.05) is 11.1 Å². The van der Waals surface area contributed by atoms with Crippen LogP contribution in [-0.4, -0.2) is 22.5 Å². The van der Waals surface area contributed by atoms with Crippen molar-refractivity contribution in [1.82, 2.24) is 5.32 Å². The number of hydrogen-bond acceptors (Lipinski definition) is 2. The summed E-state index contributed by atoms with van der Waals surface area (Å²) in [6.07, 6.45) is 5.19. The lowest BCUT2D eigenvalue weighted by molar-refractivity contribution is -0.143. The lowest BCUT2D eigenvalue weighted by Crippen LogP contribution is -2.49. The van der Waals surface area contributed by atoms with Gasteiger partial charge < -0.3 is 10.4 Å². The quantitative estimate of drug-likeness (QED) is 0.770. The number of benzene rings is 1. The summed E-state index contributed by atoms with van der Waals surface area (Å²) in [4.78, 5) is 22.6. The summed E-state index contributed by atoms with van der Waals surface area (Å²) in [5.41, 5.74) is -0.264. The highest BCUT2D eigenvalue weighted by Gasteiger charge is 2.29. The molecule has 1 aromatic carbocycles. The molecule has 0 aliphatic heterocycles. The van der Waals surface area contributed by atoms with E-state index in [4.69, 9.17) is 11.5 Å². The zero-order chi connectivity index (χ0) is 13.1. The minimum atomic E-state index is -1.30. The Morgan fingerprint density at radius 3 is 2.24 bits per heavy atom. The lowest BCUT2D eigenvalue weighted by atomic mass is 10.0. The Kier molecular flexibility index (Phi) is 3.54. The van der Waals surface area contributed by atoms with E-state index < -0.39 is 17.4 Å². The maximum absolute atomic E-state index is 11.7. The number of rotatable bonds is 3. The molecule has 0 heterocycles. The van der Waals surface area contributed by atoms with E-state index in [0.717, 1.165) is 0 Å². The number of carboxylic acid groups (broad SMARTS) is 1. The fraction of sp³-hybridized carbons (Fsp3) is 0.231. The summed E-state index contributed by atoms with van der Waals surface area (Å²) in [6.45, 7) is 2.84. The van der Waals surface area contributed by atoms with Crippen molar-refractivity contribution >= 4 is 11.9 Å². The van der Waals surface area contributed by atoms with Gasteiger partial charge in [0.15, 0.2) is 0 Å². The van der Waals surface area contributed by atoms with E-state index in [1.165, 1.54) is 13.8 Å². The largest absolute Gasteiger partial charge is 0.480 e. The number of nitrogens with one attached hydrogen (secondary N) is 1. The lowest BCUT2D eigenvalue weighted by Gasteiger charge is -2.20. The summed E-state index contributed by atoms with van der Waals surface area (Å²) in [5, 5.41) is 11.3. The van der Waals surface area contributed by atoms with Gasteiger partial charge in [-0.3, -0.25) is 4.79 Å². The second kappa shape index (κ2) is 4.71. The smallest absolute Gasteiger partial charge is 0.328 e. The molecule has 0 aliphatic rings. The van der Waals surface area contributed by atoms with Crippen molar-refractivity contribution in [2.24, 2.45) is 0 Å².